The van der Waals surface area contributed by atoms with Crippen molar-refractivity contribution in [3.05, 3.63) is 35.1 Å². The molecule has 0 aliphatic carbocycles. The van der Waals surface area contributed by atoms with Crippen LogP contribution >= 0.6 is 12.4 Å². The molecular weight excluding hydrogens is 235 g/mol. The first-order valence-electron chi connectivity index (χ1n) is 4.13. The maximum atomic E-state index is 12.9. The molecule has 0 spiro atoms. The molecule has 2 N–H and O–H groups in total. The zero-order valence-corrected chi connectivity index (χ0v) is 9.25. The van der Waals surface area contributed by atoms with Crippen molar-refractivity contribution < 1.29 is 13.9 Å². The number of nitriles is 1. The second kappa shape index (κ2) is 6.05. The van der Waals surface area contributed by atoms with Gasteiger partial charge in [0.25, 0.3) is 0 Å². The van der Waals surface area contributed by atoms with E-state index in [9.17, 15) is 9.18 Å². The summed E-state index contributed by atoms with van der Waals surface area (Å²) in [5.74, 6) is -1.27. The molecule has 0 aliphatic heterocycles. The molecule has 86 valence electrons. The molecule has 0 radical (unpaired) electrons. The molecule has 0 amide bonds. The van der Waals surface area contributed by atoms with Gasteiger partial charge < -0.3 is 10.5 Å². The Hall–Kier alpha value is -1.64. The third kappa shape index (κ3) is 2.92. The fraction of sp³-hybridized carbons (Fsp3) is 0.200. The monoisotopic (exact) mass is 244 g/mol. The normalized spacial score (nSPS) is 10.9. The number of hydrogen-bond donors (Lipinski definition) is 1. The molecule has 6 heteroatoms. The van der Waals surface area contributed by atoms with Crippen LogP contribution in [0.4, 0.5) is 4.39 Å². The highest BCUT2D eigenvalue weighted by atomic mass is 35.5. The summed E-state index contributed by atoms with van der Waals surface area (Å²) in [4.78, 5) is 11.1. The van der Waals surface area contributed by atoms with E-state index in [-0.39, 0.29) is 18.0 Å². The number of carbonyl (C=O) groups is 1. The van der Waals surface area contributed by atoms with Crippen LogP contribution < -0.4 is 5.73 Å². The van der Waals surface area contributed by atoms with E-state index < -0.39 is 17.8 Å². The first-order valence-corrected chi connectivity index (χ1v) is 4.13. The number of nitrogens with two attached hydrogens (primary N) is 1. The van der Waals surface area contributed by atoms with E-state index in [0.29, 0.717) is 5.56 Å². The van der Waals surface area contributed by atoms with Gasteiger partial charge in [-0.15, -0.1) is 12.4 Å². The number of esters is 1. The predicted octanol–water partition coefficient (Wildman–Crippen LogP) is 1.29. The van der Waals surface area contributed by atoms with Gasteiger partial charge in [0.1, 0.15) is 17.9 Å². The molecule has 1 rings (SSSR count). The number of methoxy groups -OCH3 is 1. The lowest BCUT2D eigenvalue weighted by molar-refractivity contribution is -0.142. The van der Waals surface area contributed by atoms with E-state index in [4.69, 9.17) is 11.0 Å². The van der Waals surface area contributed by atoms with E-state index in [0.717, 1.165) is 6.07 Å². The van der Waals surface area contributed by atoms with Crippen LogP contribution in [0.15, 0.2) is 18.2 Å². The summed E-state index contributed by atoms with van der Waals surface area (Å²) in [5, 5.41) is 8.57. The molecule has 0 bridgehead atoms. The van der Waals surface area contributed by atoms with Crippen LogP contribution in [0.3, 0.4) is 0 Å². The van der Waals surface area contributed by atoms with Crippen molar-refractivity contribution in [2.75, 3.05) is 7.11 Å². The predicted molar refractivity (Wildman–Crippen MR) is 57.3 cm³/mol. The van der Waals surface area contributed by atoms with E-state index >= 15 is 0 Å². The van der Waals surface area contributed by atoms with Gasteiger partial charge in [-0.1, -0.05) is 6.07 Å². The highest BCUT2D eigenvalue weighted by Gasteiger charge is 2.17. The number of carbonyl (C=O) groups excluding carboxylic acids is 1. The third-order valence-corrected chi connectivity index (χ3v) is 1.93. The Morgan fingerprint density at radius 3 is 2.75 bits per heavy atom. The Kier molecular flexibility index (Phi) is 5.43. The fourth-order valence-electron chi connectivity index (χ4n) is 1.09. The fourth-order valence-corrected chi connectivity index (χ4v) is 1.09. The van der Waals surface area contributed by atoms with Gasteiger partial charge in [0.2, 0.25) is 0 Å². The lowest BCUT2D eigenvalue weighted by Crippen LogP contribution is -2.22. The summed E-state index contributed by atoms with van der Waals surface area (Å²) in [7, 11) is 1.21. The van der Waals surface area contributed by atoms with Crippen molar-refractivity contribution in [1.29, 1.82) is 5.26 Å². The quantitative estimate of drug-likeness (QED) is 0.796. The number of halogens is 2. The smallest absolute Gasteiger partial charge is 0.327 e. The van der Waals surface area contributed by atoms with Gasteiger partial charge in [-0.25, -0.2) is 4.39 Å². The number of rotatable bonds is 2. The molecule has 0 aliphatic rings. The van der Waals surface area contributed by atoms with Crippen LogP contribution in [0.5, 0.6) is 0 Å². The number of hydrogen-bond acceptors (Lipinski definition) is 4. The van der Waals surface area contributed by atoms with Gasteiger partial charge in [0.15, 0.2) is 0 Å². The second-order valence-electron chi connectivity index (χ2n) is 2.85. The summed E-state index contributed by atoms with van der Waals surface area (Å²) in [6.45, 7) is 0. The summed E-state index contributed by atoms with van der Waals surface area (Å²) in [6.07, 6.45) is 0. The van der Waals surface area contributed by atoms with Gasteiger partial charge in [-0.05, 0) is 17.7 Å². The standard InChI is InChI=1S/C10H9FN2O2.ClH/c1-15-10(14)9(13)6-2-3-8(11)7(4-6)5-12;/h2-4,9H,13H2,1H3;1H/t9-;/m1./s1. The van der Waals surface area contributed by atoms with E-state index in [1.54, 1.807) is 6.07 Å². The van der Waals surface area contributed by atoms with Crippen LogP contribution in [0, 0.1) is 17.1 Å². The Labute approximate surface area is 98.2 Å². The molecule has 16 heavy (non-hydrogen) atoms. The SMILES string of the molecule is COC(=O)[C@H](N)c1ccc(F)c(C#N)c1.Cl. The van der Waals surface area contributed by atoms with Crippen molar-refractivity contribution in [3.8, 4) is 6.07 Å². The first kappa shape index (κ1) is 14.4. The first-order chi connectivity index (χ1) is 7.10. The van der Waals surface area contributed by atoms with Crippen molar-refractivity contribution in [2.45, 2.75) is 6.04 Å². The average Bonchev–Trinajstić information content (AvgIpc) is 2.27. The van der Waals surface area contributed by atoms with E-state index in [1.165, 1.54) is 19.2 Å². The number of nitrogens with zero attached hydrogens (tertiary/aromatic N) is 1. The average molecular weight is 245 g/mol. The minimum Gasteiger partial charge on any atom is -0.468 e. The summed E-state index contributed by atoms with van der Waals surface area (Å²) in [5.41, 5.74) is 5.72. The van der Waals surface area contributed by atoms with Gasteiger partial charge in [-0.2, -0.15) is 5.26 Å². The van der Waals surface area contributed by atoms with Crippen molar-refractivity contribution in [2.24, 2.45) is 5.73 Å². The number of ether oxygens (including phenoxy) is 1. The molecular formula is C10H10ClFN2O2. The van der Waals surface area contributed by atoms with E-state index in [2.05, 4.69) is 4.74 Å². The zero-order chi connectivity index (χ0) is 11.4. The Balaban J connectivity index is 0.00000225. The maximum absolute atomic E-state index is 12.9. The molecule has 0 unspecified atom stereocenters. The lowest BCUT2D eigenvalue weighted by atomic mass is 10.0. The molecule has 1 aromatic carbocycles. The Morgan fingerprint density at radius 2 is 2.25 bits per heavy atom. The Morgan fingerprint density at radius 1 is 1.62 bits per heavy atom. The molecule has 0 heterocycles. The lowest BCUT2D eigenvalue weighted by Gasteiger charge is -2.09. The van der Waals surface area contributed by atoms with Crippen LogP contribution in [-0.4, -0.2) is 13.1 Å². The number of benzene rings is 1. The molecule has 1 aromatic rings. The molecule has 0 fully saturated rings. The Bertz CT molecular complexity index is 431. The molecule has 0 saturated heterocycles. The topological polar surface area (TPSA) is 76.1 Å². The van der Waals surface area contributed by atoms with Crippen molar-refractivity contribution in [1.82, 2.24) is 0 Å². The zero-order valence-electron chi connectivity index (χ0n) is 8.44. The summed E-state index contributed by atoms with van der Waals surface area (Å²) in [6, 6.07) is 4.34. The maximum Gasteiger partial charge on any atom is 0.327 e. The van der Waals surface area contributed by atoms with Crippen LogP contribution in [0.1, 0.15) is 17.2 Å². The van der Waals surface area contributed by atoms with Crippen LogP contribution in [-0.2, 0) is 9.53 Å². The molecule has 1 atom stereocenters. The van der Waals surface area contributed by atoms with Crippen molar-refractivity contribution >= 4 is 18.4 Å². The van der Waals surface area contributed by atoms with Gasteiger partial charge >= 0.3 is 5.97 Å². The molecule has 4 nitrogen and oxygen atoms in total. The van der Waals surface area contributed by atoms with Crippen molar-refractivity contribution in [3.63, 3.8) is 0 Å². The highest BCUT2D eigenvalue weighted by molar-refractivity contribution is 5.85. The minimum atomic E-state index is -0.998. The van der Waals surface area contributed by atoms with Gasteiger partial charge in [0.05, 0.1) is 12.7 Å². The van der Waals surface area contributed by atoms with Crippen LogP contribution in [0.25, 0.3) is 0 Å². The van der Waals surface area contributed by atoms with Crippen LogP contribution in [0.2, 0.25) is 0 Å². The second-order valence-corrected chi connectivity index (χ2v) is 2.85. The molecule has 0 aromatic heterocycles. The highest BCUT2D eigenvalue weighted by Crippen LogP contribution is 2.15. The molecule has 0 saturated carbocycles. The van der Waals surface area contributed by atoms with Gasteiger partial charge in [-0.3, -0.25) is 4.79 Å². The largest absolute Gasteiger partial charge is 0.468 e. The van der Waals surface area contributed by atoms with Gasteiger partial charge in [0, 0.05) is 0 Å². The third-order valence-electron chi connectivity index (χ3n) is 1.93. The van der Waals surface area contributed by atoms with E-state index in [1.807, 2.05) is 0 Å². The minimum absolute atomic E-state index is 0. The summed E-state index contributed by atoms with van der Waals surface area (Å²) >= 11 is 0. The summed E-state index contributed by atoms with van der Waals surface area (Å²) < 4.78 is 17.4.